The fourth-order valence-corrected chi connectivity index (χ4v) is 3.45. The maximum Gasteiger partial charge on any atom is 0.0376 e. The van der Waals surface area contributed by atoms with E-state index in [1.807, 2.05) is 0 Å². The van der Waals surface area contributed by atoms with Gasteiger partial charge < -0.3 is 10.6 Å². The second-order valence-electron chi connectivity index (χ2n) is 6.27. The van der Waals surface area contributed by atoms with Crippen molar-refractivity contribution in [2.75, 3.05) is 18.4 Å². The Balaban J connectivity index is 1.40. The molecule has 1 aromatic carbocycles. The molecule has 4 rings (SSSR count). The molecule has 96 valence electrons. The van der Waals surface area contributed by atoms with Crippen LogP contribution in [0.15, 0.2) is 24.3 Å². The lowest BCUT2D eigenvalue weighted by molar-refractivity contribution is 0.406. The molecule has 2 saturated carbocycles. The van der Waals surface area contributed by atoms with E-state index >= 15 is 0 Å². The van der Waals surface area contributed by atoms with E-state index in [-0.39, 0.29) is 0 Å². The molecule has 0 amide bonds. The van der Waals surface area contributed by atoms with E-state index in [0.29, 0.717) is 5.92 Å². The van der Waals surface area contributed by atoms with Crippen LogP contribution in [0.3, 0.4) is 0 Å². The second kappa shape index (κ2) is 4.27. The number of fused-ring (bicyclic) bond motifs is 1. The molecule has 0 bridgehead atoms. The minimum absolute atomic E-state index is 0.668. The largest absolute Gasteiger partial charge is 0.384 e. The number of nitrogens with one attached hydrogen (secondary N) is 2. The van der Waals surface area contributed by atoms with Crippen LogP contribution in [0, 0.1) is 11.8 Å². The van der Waals surface area contributed by atoms with Crippen molar-refractivity contribution in [2.45, 2.75) is 37.6 Å². The van der Waals surface area contributed by atoms with Gasteiger partial charge in [0.05, 0.1) is 0 Å². The van der Waals surface area contributed by atoms with Gasteiger partial charge in [0.25, 0.3) is 0 Å². The Morgan fingerprint density at radius 3 is 2.56 bits per heavy atom. The van der Waals surface area contributed by atoms with Gasteiger partial charge in [0.1, 0.15) is 0 Å². The summed E-state index contributed by atoms with van der Waals surface area (Å²) >= 11 is 0. The highest BCUT2D eigenvalue weighted by molar-refractivity contribution is 5.57. The molecule has 2 N–H and O–H groups in total. The number of hydrogen-bond acceptors (Lipinski definition) is 2. The van der Waals surface area contributed by atoms with Gasteiger partial charge in [0.15, 0.2) is 0 Å². The van der Waals surface area contributed by atoms with E-state index < -0.39 is 0 Å². The molecular weight excluding hydrogens is 220 g/mol. The third-order valence-electron chi connectivity index (χ3n) is 4.80. The Labute approximate surface area is 109 Å². The van der Waals surface area contributed by atoms with Crippen LogP contribution in [-0.4, -0.2) is 19.1 Å². The highest BCUT2D eigenvalue weighted by Crippen LogP contribution is 2.44. The van der Waals surface area contributed by atoms with Gasteiger partial charge in [-0.1, -0.05) is 18.2 Å². The van der Waals surface area contributed by atoms with Crippen LogP contribution in [0.4, 0.5) is 5.69 Å². The second-order valence-corrected chi connectivity index (χ2v) is 6.27. The maximum absolute atomic E-state index is 3.89. The quantitative estimate of drug-likeness (QED) is 0.829. The molecule has 2 fully saturated rings. The van der Waals surface area contributed by atoms with Gasteiger partial charge in [0, 0.05) is 30.7 Å². The van der Waals surface area contributed by atoms with Gasteiger partial charge in [-0.05, 0) is 49.1 Å². The van der Waals surface area contributed by atoms with Crippen LogP contribution in [0.1, 0.15) is 37.2 Å². The molecule has 0 spiro atoms. The highest BCUT2D eigenvalue weighted by atomic mass is 15.0. The van der Waals surface area contributed by atoms with Crippen LogP contribution in [0.25, 0.3) is 0 Å². The smallest absolute Gasteiger partial charge is 0.0376 e. The summed E-state index contributed by atoms with van der Waals surface area (Å²) in [5, 5.41) is 7.41. The number of hydrogen-bond donors (Lipinski definition) is 2. The molecule has 2 aliphatic carbocycles. The first-order valence-corrected chi connectivity index (χ1v) is 7.48. The van der Waals surface area contributed by atoms with Crippen LogP contribution < -0.4 is 10.6 Å². The molecule has 0 saturated heterocycles. The molecule has 0 aromatic heterocycles. The topological polar surface area (TPSA) is 24.1 Å². The molecule has 3 aliphatic rings. The van der Waals surface area contributed by atoms with E-state index in [2.05, 4.69) is 34.9 Å². The molecule has 0 radical (unpaired) electrons. The van der Waals surface area contributed by atoms with E-state index in [9.17, 15) is 0 Å². The number of para-hydroxylation sites is 1. The molecule has 2 heteroatoms. The van der Waals surface area contributed by atoms with Crippen LogP contribution in [0.2, 0.25) is 0 Å². The first-order chi connectivity index (χ1) is 8.92. The Morgan fingerprint density at radius 1 is 1.11 bits per heavy atom. The zero-order chi connectivity index (χ0) is 11.9. The molecule has 1 heterocycles. The fraction of sp³-hybridized carbons (Fsp3) is 0.625. The zero-order valence-corrected chi connectivity index (χ0v) is 10.9. The summed E-state index contributed by atoms with van der Waals surface area (Å²) in [6.07, 6.45) is 5.86. The molecular formula is C16H22N2. The molecule has 18 heavy (non-hydrogen) atoms. The van der Waals surface area contributed by atoms with Crippen molar-refractivity contribution >= 4 is 5.69 Å². The molecule has 1 aliphatic heterocycles. The summed E-state index contributed by atoms with van der Waals surface area (Å²) < 4.78 is 0. The lowest BCUT2D eigenvalue weighted by Gasteiger charge is -2.20. The fourth-order valence-electron chi connectivity index (χ4n) is 3.45. The molecule has 2 nitrogen and oxygen atoms in total. The van der Waals surface area contributed by atoms with E-state index in [4.69, 9.17) is 0 Å². The van der Waals surface area contributed by atoms with Crippen molar-refractivity contribution in [3.8, 4) is 0 Å². The number of rotatable bonds is 5. The standard InChI is InChI=1S/C16H22N2/c1-2-4-15-14(3-1)13(9-17-15)10-18-16(11-5-6-11)12-7-8-12/h1-4,11-13,16-18H,5-10H2. The van der Waals surface area contributed by atoms with Gasteiger partial charge in [-0.2, -0.15) is 0 Å². The SMILES string of the molecule is c1ccc2c(c1)NCC2CNC(C1CC1)C1CC1. The van der Waals surface area contributed by atoms with Crippen LogP contribution in [0.5, 0.6) is 0 Å². The van der Waals surface area contributed by atoms with E-state index in [0.717, 1.165) is 31.0 Å². The minimum atomic E-state index is 0.668. The van der Waals surface area contributed by atoms with Crippen molar-refractivity contribution < 1.29 is 0 Å². The Morgan fingerprint density at radius 2 is 1.83 bits per heavy atom. The monoisotopic (exact) mass is 242 g/mol. The average Bonchev–Trinajstić information content (AvgIpc) is 3.29. The third kappa shape index (κ3) is 2.03. The normalized spacial score (nSPS) is 26.2. The van der Waals surface area contributed by atoms with E-state index in [1.165, 1.54) is 36.9 Å². The lowest BCUT2D eigenvalue weighted by Crippen LogP contribution is -2.36. The lowest BCUT2D eigenvalue weighted by atomic mass is 10.00. The predicted octanol–water partition coefficient (Wildman–Crippen LogP) is 2.97. The van der Waals surface area contributed by atoms with Gasteiger partial charge in [-0.25, -0.2) is 0 Å². The van der Waals surface area contributed by atoms with Gasteiger partial charge in [-0.15, -0.1) is 0 Å². The van der Waals surface area contributed by atoms with Gasteiger partial charge in [-0.3, -0.25) is 0 Å². The average molecular weight is 242 g/mol. The summed E-state index contributed by atoms with van der Waals surface area (Å²) in [6, 6.07) is 9.61. The third-order valence-corrected chi connectivity index (χ3v) is 4.80. The molecule has 1 aromatic rings. The summed E-state index contributed by atoms with van der Waals surface area (Å²) in [4.78, 5) is 0. The van der Waals surface area contributed by atoms with Gasteiger partial charge >= 0.3 is 0 Å². The molecule has 1 unspecified atom stereocenters. The molecule has 1 atom stereocenters. The van der Waals surface area contributed by atoms with Gasteiger partial charge in [0.2, 0.25) is 0 Å². The van der Waals surface area contributed by atoms with Crippen molar-refractivity contribution in [2.24, 2.45) is 11.8 Å². The number of benzene rings is 1. The summed E-state index contributed by atoms with van der Waals surface area (Å²) in [6.45, 7) is 2.26. The maximum atomic E-state index is 3.89. The Bertz CT molecular complexity index is 422. The first kappa shape index (κ1) is 10.9. The Kier molecular flexibility index (Phi) is 2.58. The van der Waals surface area contributed by atoms with Crippen LogP contribution >= 0.6 is 0 Å². The summed E-state index contributed by atoms with van der Waals surface area (Å²) in [5.41, 5.74) is 2.86. The van der Waals surface area contributed by atoms with Crippen LogP contribution in [-0.2, 0) is 0 Å². The first-order valence-electron chi connectivity index (χ1n) is 7.48. The van der Waals surface area contributed by atoms with Crippen molar-refractivity contribution in [1.82, 2.24) is 5.32 Å². The zero-order valence-electron chi connectivity index (χ0n) is 10.9. The van der Waals surface area contributed by atoms with Crippen molar-refractivity contribution in [1.29, 1.82) is 0 Å². The Hall–Kier alpha value is -1.02. The number of anilines is 1. The van der Waals surface area contributed by atoms with Crippen molar-refractivity contribution in [3.05, 3.63) is 29.8 Å². The summed E-state index contributed by atoms with van der Waals surface area (Å²) in [7, 11) is 0. The minimum Gasteiger partial charge on any atom is -0.384 e. The van der Waals surface area contributed by atoms with E-state index in [1.54, 1.807) is 0 Å². The van der Waals surface area contributed by atoms with Crippen molar-refractivity contribution in [3.63, 3.8) is 0 Å². The highest BCUT2D eigenvalue weighted by Gasteiger charge is 2.41. The predicted molar refractivity (Wildman–Crippen MR) is 74.9 cm³/mol. The summed E-state index contributed by atoms with van der Waals surface area (Å²) in [5.74, 6) is 2.67.